The summed E-state index contributed by atoms with van der Waals surface area (Å²) in [5.41, 5.74) is 2.01. The minimum atomic E-state index is -0.990. The van der Waals surface area contributed by atoms with Gasteiger partial charge in [-0.15, -0.1) is 11.8 Å². The Labute approximate surface area is 175 Å². The van der Waals surface area contributed by atoms with E-state index in [1.165, 1.54) is 5.56 Å². The van der Waals surface area contributed by atoms with E-state index in [4.69, 9.17) is 23.8 Å². The largest absolute Gasteiger partial charge is 0.378 e. The van der Waals surface area contributed by atoms with Crippen LogP contribution in [0.25, 0.3) is 0 Å². The number of thioether (sulfide) groups is 1. The monoisotopic (exact) mass is 416 g/mol. The number of halogens is 1. The van der Waals surface area contributed by atoms with Gasteiger partial charge in [0.25, 0.3) is 0 Å². The van der Waals surface area contributed by atoms with Crippen LogP contribution in [0.2, 0.25) is 5.02 Å². The zero-order chi connectivity index (χ0) is 19.4. The molecule has 0 aromatic heterocycles. The van der Waals surface area contributed by atoms with Gasteiger partial charge < -0.3 is 15.3 Å². The van der Waals surface area contributed by atoms with E-state index in [1.807, 2.05) is 48.2 Å². The first kappa shape index (κ1) is 20.0. The molecule has 1 fully saturated rings. The van der Waals surface area contributed by atoms with E-state index in [1.54, 1.807) is 13.8 Å². The normalized spacial score (nSPS) is 16.6. The van der Waals surface area contributed by atoms with Crippen LogP contribution in [0.15, 0.2) is 48.5 Å². The third kappa shape index (κ3) is 5.63. The van der Waals surface area contributed by atoms with Crippen LogP contribution in [0.1, 0.15) is 30.3 Å². The molecule has 0 aliphatic carbocycles. The highest BCUT2D eigenvalue weighted by atomic mass is 35.5. The summed E-state index contributed by atoms with van der Waals surface area (Å²) in [5.74, 6) is 6.86. The van der Waals surface area contributed by atoms with Crippen molar-refractivity contribution in [2.45, 2.75) is 24.8 Å². The van der Waals surface area contributed by atoms with Crippen molar-refractivity contribution in [2.75, 3.05) is 17.6 Å². The molecule has 3 rings (SSSR count). The van der Waals surface area contributed by atoms with E-state index < -0.39 is 5.60 Å². The molecule has 0 saturated carbocycles. The Kier molecular flexibility index (Phi) is 6.33. The molecule has 3 nitrogen and oxygen atoms in total. The number of anilines is 1. The van der Waals surface area contributed by atoms with Crippen LogP contribution in [0, 0.1) is 11.8 Å². The van der Waals surface area contributed by atoms with Gasteiger partial charge in [0.05, 0.1) is 0 Å². The van der Waals surface area contributed by atoms with Gasteiger partial charge >= 0.3 is 0 Å². The molecule has 0 spiro atoms. The Balaban J connectivity index is 1.70. The van der Waals surface area contributed by atoms with Crippen molar-refractivity contribution in [3.05, 3.63) is 64.7 Å². The third-order valence-corrected chi connectivity index (χ3v) is 5.81. The predicted molar refractivity (Wildman–Crippen MR) is 119 cm³/mol. The Morgan fingerprint density at radius 2 is 1.89 bits per heavy atom. The minimum Gasteiger partial charge on any atom is -0.378 e. The van der Waals surface area contributed by atoms with Gasteiger partial charge in [-0.05, 0) is 68.0 Å². The van der Waals surface area contributed by atoms with Crippen LogP contribution in [0.5, 0.6) is 0 Å². The average Bonchev–Trinajstić information content (AvgIpc) is 3.12. The highest BCUT2D eigenvalue weighted by Gasteiger charge is 2.28. The van der Waals surface area contributed by atoms with E-state index in [-0.39, 0.29) is 5.37 Å². The smallest absolute Gasteiger partial charge is 0.174 e. The molecule has 2 N–H and O–H groups in total. The van der Waals surface area contributed by atoms with Crippen molar-refractivity contribution < 1.29 is 5.11 Å². The van der Waals surface area contributed by atoms with Crippen LogP contribution in [-0.4, -0.2) is 33.0 Å². The molecule has 0 radical (unpaired) electrons. The van der Waals surface area contributed by atoms with Gasteiger partial charge in [0.2, 0.25) is 0 Å². The van der Waals surface area contributed by atoms with Crippen molar-refractivity contribution in [1.29, 1.82) is 0 Å². The Morgan fingerprint density at radius 1 is 1.22 bits per heavy atom. The maximum absolute atomic E-state index is 9.73. The molecule has 27 heavy (non-hydrogen) atoms. The highest BCUT2D eigenvalue weighted by Crippen LogP contribution is 2.38. The standard InChI is InChI=1S/C21H21ClN2OS2/c1-21(2,25)12-11-15-3-5-16(6-4-15)19-24(13-14-27-19)20(26)23-18-9-7-17(22)8-10-18/h3-10,19,25H,13-14H2,1-2H3,(H,23,26)/t19-/m1/s1. The molecule has 0 amide bonds. The highest BCUT2D eigenvalue weighted by molar-refractivity contribution is 7.99. The molecular weight excluding hydrogens is 396 g/mol. The fourth-order valence-corrected chi connectivity index (χ4v) is 4.41. The summed E-state index contributed by atoms with van der Waals surface area (Å²) < 4.78 is 0. The molecule has 1 atom stereocenters. The quantitative estimate of drug-likeness (QED) is 0.537. The first-order chi connectivity index (χ1) is 12.8. The van der Waals surface area contributed by atoms with Gasteiger partial charge in [-0.3, -0.25) is 0 Å². The molecule has 2 aromatic rings. The second kappa shape index (κ2) is 8.53. The van der Waals surface area contributed by atoms with Crippen molar-refractivity contribution in [3.8, 4) is 11.8 Å². The molecule has 6 heteroatoms. The Bertz CT molecular complexity index is 864. The summed E-state index contributed by atoms with van der Waals surface area (Å²) in [6.45, 7) is 4.25. The van der Waals surface area contributed by atoms with Crippen LogP contribution in [-0.2, 0) is 0 Å². The number of rotatable bonds is 2. The van der Waals surface area contributed by atoms with E-state index in [2.05, 4.69) is 34.2 Å². The molecule has 0 unspecified atom stereocenters. The molecule has 1 aliphatic heterocycles. The summed E-state index contributed by atoms with van der Waals surface area (Å²) in [7, 11) is 0. The topological polar surface area (TPSA) is 35.5 Å². The van der Waals surface area contributed by atoms with Crippen LogP contribution in [0.3, 0.4) is 0 Å². The summed E-state index contributed by atoms with van der Waals surface area (Å²) in [6.07, 6.45) is 0. The fraction of sp³-hybridized carbons (Fsp3) is 0.286. The van der Waals surface area contributed by atoms with Crippen LogP contribution < -0.4 is 5.32 Å². The van der Waals surface area contributed by atoms with E-state index in [9.17, 15) is 5.11 Å². The molecular formula is C21H21ClN2OS2. The number of hydrogen-bond acceptors (Lipinski definition) is 3. The lowest BCUT2D eigenvalue weighted by Crippen LogP contribution is -2.34. The maximum Gasteiger partial charge on any atom is 0.174 e. The van der Waals surface area contributed by atoms with Crippen molar-refractivity contribution in [3.63, 3.8) is 0 Å². The SMILES string of the molecule is CC(C)(O)C#Cc1ccc([C@H]2SCCN2C(=S)Nc2ccc(Cl)cc2)cc1. The van der Waals surface area contributed by atoms with Gasteiger partial charge in [-0.1, -0.05) is 35.6 Å². The predicted octanol–water partition coefficient (Wildman–Crippen LogP) is 4.91. The maximum atomic E-state index is 9.73. The molecule has 0 bridgehead atoms. The molecule has 1 aliphatic rings. The molecule has 1 saturated heterocycles. The van der Waals surface area contributed by atoms with Gasteiger partial charge in [0.1, 0.15) is 11.0 Å². The molecule has 2 aromatic carbocycles. The Morgan fingerprint density at radius 3 is 2.52 bits per heavy atom. The van der Waals surface area contributed by atoms with Gasteiger partial charge in [-0.25, -0.2) is 0 Å². The third-order valence-electron chi connectivity index (χ3n) is 3.96. The number of aliphatic hydroxyl groups is 1. The fourth-order valence-electron chi connectivity index (χ4n) is 2.64. The Hall–Kier alpha value is -1.71. The second-order valence-corrected chi connectivity index (χ2v) is 8.80. The van der Waals surface area contributed by atoms with Crippen molar-refractivity contribution in [2.24, 2.45) is 0 Å². The van der Waals surface area contributed by atoms with Gasteiger partial charge in [0, 0.05) is 28.6 Å². The van der Waals surface area contributed by atoms with Crippen LogP contribution >= 0.6 is 35.6 Å². The summed E-state index contributed by atoms with van der Waals surface area (Å²) >= 11 is 13.4. The van der Waals surface area contributed by atoms with E-state index in [0.717, 1.165) is 23.5 Å². The summed E-state index contributed by atoms with van der Waals surface area (Å²) in [4.78, 5) is 2.20. The number of nitrogens with zero attached hydrogens (tertiary/aromatic N) is 1. The minimum absolute atomic E-state index is 0.175. The lowest BCUT2D eigenvalue weighted by Gasteiger charge is -2.27. The zero-order valence-electron chi connectivity index (χ0n) is 15.2. The lowest BCUT2D eigenvalue weighted by atomic mass is 10.1. The molecule has 140 valence electrons. The summed E-state index contributed by atoms with van der Waals surface area (Å²) in [6, 6.07) is 15.7. The average molecular weight is 417 g/mol. The van der Waals surface area contributed by atoms with E-state index >= 15 is 0 Å². The first-order valence-corrected chi connectivity index (χ1v) is 10.5. The van der Waals surface area contributed by atoms with E-state index in [0.29, 0.717) is 10.1 Å². The lowest BCUT2D eigenvalue weighted by molar-refractivity contribution is 0.143. The number of benzene rings is 2. The van der Waals surface area contributed by atoms with Crippen LogP contribution in [0.4, 0.5) is 5.69 Å². The number of hydrogen-bond donors (Lipinski definition) is 2. The summed E-state index contributed by atoms with van der Waals surface area (Å²) in [5, 5.41) is 14.6. The number of thiocarbonyl (C=S) groups is 1. The second-order valence-electron chi connectivity index (χ2n) is 6.78. The van der Waals surface area contributed by atoms with Gasteiger partial charge in [0.15, 0.2) is 5.11 Å². The first-order valence-electron chi connectivity index (χ1n) is 8.62. The number of nitrogens with one attached hydrogen (secondary N) is 1. The van der Waals surface area contributed by atoms with Crippen molar-refractivity contribution in [1.82, 2.24) is 4.90 Å². The van der Waals surface area contributed by atoms with Gasteiger partial charge in [-0.2, -0.15) is 0 Å². The molecule has 1 heterocycles. The van der Waals surface area contributed by atoms with Crippen molar-refractivity contribution >= 4 is 46.4 Å². The zero-order valence-corrected chi connectivity index (χ0v) is 17.6.